The molecular formula is C3H5CaMgO3+3. The van der Waals surface area contributed by atoms with Crippen LogP contribution in [0, 0.1) is 0 Å². The first kappa shape index (κ1) is 16.2. The second kappa shape index (κ2) is 8.46. The van der Waals surface area contributed by atoms with E-state index in [-0.39, 0.29) is 60.8 Å². The van der Waals surface area contributed by atoms with Crippen molar-refractivity contribution in [3.63, 3.8) is 0 Å². The molecule has 0 aromatic rings. The Morgan fingerprint density at radius 2 is 1.88 bits per heavy atom. The van der Waals surface area contributed by atoms with Crippen LogP contribution in [0.1, 0.15) is 6.92 Å². The molecule has 0 amide bonds. The summed E-state index contributed by atoms with van der Waals surface area (Å²) in [5.41, 5.74) is 0. The summed E-state index contributed by atoms with van der Waals surface area (Å²) in [6, 6.07) is 0. The number of hydrogen-bond acceptors (Lipinski definition) is 3. The summed E-state index contributed by atoms with van der Waals surface area (Å²) in [5.74, 6) is -1.44. The SMILES string of the molecule is CC(O)C(=O)[O-].[Ca+2].[Mg+2]. The van der Waals surface area contributed by atoms with Gasteiger partial charge in [0.25, 0.3) is 0 Å². The molecule has 1 unspecified atom stereocenters. The van der Waals surface area contributed by atoms with E-state index in [0.29, 0.717) is 0 Å². The summed E-state index contributed by atoms with van der Waals surface area (Å²) >= 11 is 0. The van der Waals surface area contributed by atoms with Crippen molar-refractivity contribution in [2.24, 2.45) is 0 Å². The predicted octanol–water partition coefficient (Wildman–Crippen LogP) is -2.64. The number of carboxylic acid groups (broad SMARTS) is 1. The molecule has 1 N–H and O–H groups in total. The molecule has 0 aliphatic heterocycles. The Morgan fingerprint density at radius 1 is 1.75 bits per heavy atom. The van der Waals surface area contributed by atoms with E-state index >= 15 is 0 Å². The minimum Gasteiger partial charge on any atom is -0.547 e. The van der Waals surface area contributed by atoms with Gasteiger partial charge >= 0.3 is 60.8 Å². The van der Waals surface area contributed by atoms with Crippen LogP contribution in [-0.2, 0) is 4.79 Å². The van der Waals surface area contributed by atoms with E-state index in [0.717, 1.165) is 6.92 Å². The third-order valence-corrected chi connectivity index (χ3v) is 0.341. The van der Waals surface area contributed by atoms with E-state index in [2.05, 4.69) is 0 Å². The van der Waals surface area contributed by atoms with Gasteiger partial charge in [0.15, 0.2) is 0 Å². The molecule has 0 saturated heterocycles. The Kier molecular flexibility index (Phi) is 17.1. The average Bonchev–Trinajstić information content (AvgIpc) is 1.36. The predicted molar refractivity (Wildman–Crippen MR) is 28.2 cm³/mol. The number of aliphatic carboxylic acids is 1. The van der Waals surface area contributed by atoms with Crippen LogP contribution >= 0.6 is 0 Å². The molecule has 0 rings (SSSR count). The van der Waals surface area contributed by atoms with Gasteiger partial charge in [-0.2, -0.15) is 0 Å². The topological polar surface area (TPSA) is 60.4 Å². The van der Waals surface area contributed by atoms with Crippen LogP contribution < -0.4 is 5.11 Å². The Morgan fingerprint density at radius 3 is 1.88 bits per heavy atom. The maximum atomic E-state index is 9.34. The maximum absolute atomic E-state index is 9.34. The molecular weight excluding hydrogens is 148 g/mol. The fraction of sp³-hybridized carbons (Fsp3) is 0.667. The quantitative estimate of drug-likeness (QED) is 0.419. The molecule has 0 aromatic carbocycles. The molecule has 0 radical (unpaired) electrons. The van der Waals surface area contributed by atoms with Gasteiger partial charge in [-0.05, 0) is 6.92 Å². The van der Waals surface area contributed by atoms with Crippen LogP contribution in [0.15, 0.2) is 0 Å². The molecule has 8 heavy (non-hydrogen) atoms. The van der Waals surface area contributed by atoms with Crippen LogP contribution in [0.5, 0.6) is 0 Å². The molecule has 36 valence electrons. The van der Waals surface area contributed by atoms with Gasteiger partial charge in [-0.25, -0.2) is 0 Å². The normalized spacial score (nSPS) is 10.2. The van der Waals surface area contributed by atoms with Crippen LogP contribution in [0.4, 0.5) is 0 Å². The smallest absolute Gasteiger partial charge is 0.547 e. The largest absolute Gasteiger partial charge is 2.00 e. The molecule has 0 spiro atoms. The van der Waals surface area contributed by atoms with E-state index in [4.69, 9.17) is 5.11 Å². The molecule has 0 aliphatic rings. The molecule has 0 saturated carbocycles. The number of carbonyl (C=O) groups excluding carboxylic acids is 1. The number of rotatable bonds is 1. The molecule has 0 heterocycles. The first-order chi connectivity index (χ1) is 2.64. The van der Waals surface area contributed by atoms with E-state index in [1.54, 1.807) is 0 Å². The third-order valence-electron chi connectivity index (χ3n) is 0.341. The van der Waals surface area contributed by atoms with Crippen molar-refractivity contribution < 1.29 is 15.0 Å². The van der Waals surface area contributed by atoms with Crippen molar-refractivity contribution in [3.8, 4) is 0 Å². The monoisotopic (exact) mass is 153 g/mol. The van der Waals surface area contributed by atoms with Crippen molar-refractivity contribution in [1.82, 2.24) is 0 Å². The number of aliphatic hydroxyl groups is 1. The number of carbonyl (C=O) groups is 1. The number of aliphatic hydroxyl groups excluding tert-OH is 1. The van der Waals surface area contributed by atoms with Gasteiger partial charge in [0, 0.05) is 0 Å². The van der Waals surface area contributed by atoms with Crippen LogP contribution in [0.25, 0.3) is 0 Å². The molecule has 3 nitrogen and oxygen atoms in total. The van der Waals surface area contributed by atoms with E-state index in [9.17, 15) is 9.90 Å². The zero-order valence-electron chi connectivity index (χ0n) is 4.76. The molecule has 0 aliphatic carbocycles. The second-order valence-electron chi connectivity index (χ2n) is 0.995. The Hall–Kier alpha value is 1.46. The first-order valence-corrected chi connectivity index (χ1v) is 1.53. The molecule has 5 heteroatoms. The van der Waals surface area contributed by atoms with Crippen molar-refractivity contribution >= 4 is 66.8 Å². The Balaban J connectivity index is -0.000000125. The van der Waals surface area contributed by atoms with E-state index in [1.165, 1.54) is 0 Å². The third kappa shape index (κ3) is 10.4. The zero-order valence-corrected chi connectivity index (χ0v) is 8.38. The van der Waals surface area contributed by atoms with Crippen molar-refractivity contribution in [3.05, 3.63) is 0 Å². The van der Waals surface area contributed by atoms with Crippen LogP contribution in [-0.4, -0.2) is 78.0 Å². The van der Waals surface area contributed by atoms with E-state index < -0.39 is 12.1 Å². The fourth-order valence-corrected chi connectivity index (χ4v) is 0. The van der Waals surface area contributed by atoms with Gasteiger partial charge in [0.05, 0.1) is 12.1 Å². The van der Waals surface area contributed by atoms with Gasteiger partial charge in [0.1, 0.15) is 0 Å². The van der Waals surface area contributed by atoms with Gasteiger partial charge in [0.2, 0.25) is 0 Å². The molecule has 0 aromatic heterocycles. The number of carboxylic acids is 1. The summed E-state index contributed by atoms with van der Waals surface area (Å²) in [4.78, 5) is 9.34. The minimum absolute atomic E-state index is 0. The zero-order chi connectivity index (χ0) is 5.15. The number of hydrogen-bond donors (Lipinski definition) is 1. The van der Waals surface area contributed by atoms with Crippen molar-refractivity contribution in [2.45, 2.75) is 13.0 Å². The summed E-state index contributed by atoms with van der Waals surface area (Å²) in [6.07, 6.45) is -1.34. The van der Waals surface area contributed by atoms with Crippen molar-refractivity contribution in [1.29, 1.82) is 0 Å². The van der Waals surface area contributed by atoms with Gasteiger partial charge < -0.3 is 15.0 Å². The maximum Gasteiger partial charge on any atom is 2.00 e. The van der Waals surface area contributed by atoms with Crippen LogP contribution in [0.3, 0.4) is 0 Å². The van der Waals surface area contributed by atoms with Crippen LogP contribution in [0.2, 0.25) is 0 Å². The minimum atomic E-state index is -1.44. The first-order valence-electron chi connectivity index (χ1n) is 1.53. The summed E-state index contributed by atoms with van der Waals surface area (Å²) in [7, 11) is 0. The van der Waals surface area contributed by atoms with E-state index in [1.807, 2.05) is 0 Å². The molecule has 1 atom stereocenters. The molecule has 0 bridgehead atoms. The average molecular weight is 153 g/mol. The van der Waals surface area contributed by atoms with Gasteiger partial charge in [-0.3, -0.25) is 0 Å². The van der Waals surface area contributed by atoms with Gasteiger partial charge in [-0.15, -0.1) is 0 Å². The Bertz CT molecular complexity index is 65.5. The second-order valence-corrected chi connectivity index (χ2v) is 0.995. The summed E-state index contributed by atoms with van der Waals surface area (Å²) < 4.78 is 0. The molecule has 0 fully saturated rings. The Labute approximate surface area is 93.6 Å². The standard InChI is InChI=1S/C3H6O3.Ca.Mg/c1-2(4)3(5)6;;/h2,4H,1H3,(H,5,6);;/q;2*+2/p-1. The van der Waals surface area contributed by atoms with Crippen molar-refractivity contribution in [2.75, 3.05) is 0 Å². The van der Waals surface area contributed by atoms with Gasteiger partial charge in [-0.1, -0.05) is 0 Å². The summed E-state index contributed by atoms with van der Waals surface area (Å²) in [6.45, 7) is 1.13. The fourth-order valence-electron chi connectivity index (χ4n) is 0. The summed E-state index contributed by atoms with van der Waals surface area (Å²) in [5, 5.41) is 17.3.